The number of hydrogen-bond donors (Lipinski definition) is 0. The van der Waals surface area contributed by atoms with Gasteiger partial charge in [-0.2, -0.15) is 0 Å². The molecule has 82 valence electrons. The predicted molar refractivity (Wildman–Crippen MR) is 62.6 cm³/mol. The van der Waals surface area contributed by atoms with Gasteiger partial charge in [0.05, 0.1) is 5.69 Å². The highest BCUT2D eigenvalue weighted by atomic mass is 16.1. The van der Waals surface area contributed by atoms with Gasteiger partial charge in [-0.05, 0) is 37.6 Å². The summed E-state index contributed by atoms with van der Waals surface area (Å²) in [7, 11) is 1.91. The lowest BCUT2D eigenvalue weighted by Crippen LogP contribution is -2.09. The molecule has 0 amide bonds. The number of aromatic nitrogens is 2. The van der Waals surface area contributed by atoms with Gasteiger partial charge in [0.2, 0.25) is 5.78 Å². The van der Waals surface area contributed by atoms with Gasteiger partial charge in [-0.1, -0.05) is 0 Å². The van der Waals surface area contributed by atoms with Crippen LogP contribution in [-0.4, -0.2) is 15.3 Å². The molecule has 0 saturated heterocycles. The summed E-state index contributed by atoms with van der Waals surface area (Å²) in [6.07, 6.45) is 3.27. The van der Waals surface area contributed by atoms with Gasteiger partial charge in [-0.3, -0.25) is 9.78 Å². The van der Waals surface area contributed by atoms with Crippen LogP contribution >= 0.6 is 0 Å². The SMILES string of the molecule is Cc1cc(C)n(C)c1C(=O)c1cccnc1. The summed E-state index contributed by atoms with van der Waals surface area (Å²) in [5, 5.41) is 0. The number of nitrogens with zero attached hydrogens (tertiary/aromatic N) is 2. The number of hydrogen-bond acceptors (Lipinski definition) is 2. The van der Waals surface area contributed by atoms with E-state index in [1.165, 1.54) is 0 Å². The Labute approximate surface area is 94.7 Å². The average Bonchev–Trinajstić information content (AvgIpc) is 2.54. The standard InChI is InChI=1S/C13H14N2O/c1-9-7-10(2)15(3)12(9)13(16)11-5-4-6-14-8-11/h4-8H,1-3H3. The van der Waals surface area contributed by atoms with Gasteiger partial charge >= 0.3 is 0 Å². The van der Waals surface area contributed by atoms with E-state index in [1.54, 1.807) is 24.5 Å². The molecule has 0 unspecified atom stereocenters. The lowest BCUT2D eigenvalue weighted by atomic mass is 10.1. The van der Waals surface area contributed by atoms with Crippen molar-refractivity contribution in [3.63, 3.8) is 0 Å². The summed E-state index contributed by atoms with van der Waals surface area (Å²) >= 11 is 0. The second kappa shape index (κ2) is 3.93. The van der Waals surface area contributed by atoms with Crippen LogP contribution in [0, 0.1) is 13.8 Å². The van der Waals surface area contributed by atoms with E-state index in [9.17, 15) is 4.79 Å². The Balaban J connectivity index is 2.50. The van der Waals surface area contributed by atoms with Gasteiger partial charge in [0.1, 0.15) is 0 Å². The molecule has 0 radical (unpaired) electrons. The van der Waals surface area contributed by atoms with Crippen molar-refractivity contribution < 1.29 is 4.79 Å². The zero-order valence-electron chi connectivity index (χ0n) is 9.69. The lowest BCUT2D eigenvalue weighted by molar-refractivity contribution is 0.103. The molecule has 0 atom stereocenters. The van der Waals surface area contributed by atoms with Gasteiger partial charge in [0.15, 0.2) is 0 Å². The summed E-state index contributed by atoms with van der Waals surface area (Å²) in [5.41, 5.74) is 3.47. The number of pyridine rings is 1. The summed E-state index contributed by atoms with van der Waals surface area (Å²) < 4.78 is 1.92. The molecule has 2 heterocycles. The monoisotopic (exact) mass is 214 g/mol. The Hall–Kier alpha value is -1.90. The largest absolute Gasteiger partial charge is 0.345 e. The molecular formula is C13H14N2O. The van der Waals surface area contributed by atoms with Gasteiger partial charge in [-0.15, -0.1) is 0 Å². The molecule has 0 aromatic carbocycles. The summed E-state index contributed by atoms with van der Waals surface area (Å²) in [6.45, 7) is 3.95. The Morgan fingerprint density at radius 3 is 2.62 bits per heavy atom. The van der Waals surface area contributed by atoms with Crippen LogP contribution in [0.1, 0.15) is 27.3 Å². The minimum absolute atomic E-state index is 0.0289. The second-order valence-electron chi connectivity index (χ2n) is 3.95. The van der Waals surface area contributed by atoms with E-state index >= 15 is 0 Å². The van der Waals surface area contributed by atoms with Crippen molar-refractivity contribution in [1.29, 1.82) is 0 Å². The maximum absolute atomic E-state index is 12.2. The van der Waals surface area contributed by atoms with Crippen molar-refractivity contribution in [3.05, 3.63) is 53.1 Å². The maximum Gasteiger partial charge on any atom is 0.211 e. The predicted octanol–water partition coefficient (Wildman–Crippen LogP) is 2.27. The fraction of sp³-hybridized carbons (Fsp3) is 0.231. The van der Waals surface area contributed by atoms with E-state index in [0.717, 1.165) is 17.0 Å². The van der Waals surface area contributed by atoms with Crippen LogP contribution in [0.15, 0.2) is 30.6 Å². The van der Waals surface area contributed by atoms with Gasteiger partial charge in [0, 0.05) is 30.7 Å². The van der Waals surface area contributed by atoms with E-state index in [4.69, 9.17) is 0 Å². The number of rotatable bonds is 2. The minimum Gasteiger partial charge on any atom is -0.345 e. The van der Waals surface area contributed by atoms with Crippen LogP contribution in [-0.2, 0) is 7.05 Å². The zero-order chi connectivity index (χ0) is 11.7. The first kappa shape index (κ1) is 10.6. The van der Waals surface area contributed by atoms with Crippen LogP contribution in [0.2, 0.25) is 0 Å². The van der Waals surface area contributed by atoms with Gasteiger partial charge < -0.3 is 4.57 Å². The highest BCUT2D eigenvalue weighted by Gasteiger charge is 2.16. The maximum atomic E-state index is 12.2. The molecule has 0 spiro atoms. The van der Waals surface area contributed by atoms with Crippen molar-refractivity contribution in [2.24, 2.45) is 7.05 Å². The third kappa shape index (κ3) is 1.65. The first-order chi connectivity index (χ1) is 7.61. The van der Waals surface area contributed by atoms with Crippen LogP contribution in [0.25, 0.3) is 0 Å². The third-order valence-corrected chi connectivity index (χ3v) is 2.80. The van der Waals surface area contributed by atoms with Crippen LogP contribution in [0.4, 0.5) is 0 Å². The number of ketones is 1. The molecule has 0 N–H and O–H groups in total. The van der Waals surface area contributed by atoms with E-state index < -0.39 is 0 Å². The Morgan fingerprint density at radius 2 is 2.12 bits per heavy atom. The molecule has 3 heteroatoms. The average molecular weight is 214 g/mol. The Bertz CT molecular complexity index is 526. The summed E-state index contributed by atoms with van der Waals surface area (Å²) in [6, 6.07) is 5.58. The molecule has 16 heavy (non-hydrogen) atoms. The summed E-state index contributed by atoms with van der Waals surface area (Å²) in [5.74, 6) is 0.0289. The Kier molecular flexibility index (Phi) is 2.60. The molecule has 0 fully saturated rings. The van der Waals surface area contributed by atoms with Gasteiger partial charge in [-0.25, -0.2) is 0 Å². The third-order valence-electron chi connectivity index (χ3n) is 2.80. The van der Waals surface area contributed by atoms with Gasteiger partial charge in [0.25, 0.3) is 0 Å². The first-order valence-corrected chi connectivity index (χ1v) is 5.19. The highest BCUT2D eigenvalue weighted by Crippen LogP contribution is 2.16. The highest BCUT2D eigenvalue weighted by molar-refractivity contribution is 6.08. The topological polar surface area (TPSA) is 34.9 Å². The van der Waals surface area contributed by atoms with Crippen LogP contribution < -0.4 is 0 Å². The van der Waals surface area contributed by atoms with Crippen LogP contribution in [0.3, 0.4) is 0 Å². The summed E-state index contributed by atoms with van der Waals surface area (Å²) in [4.78, 5) is 16.2. The van der Waals surface area contributed by atoms with Crippen molar-refractivity contribution in [3.8, 4) is 0 Å². The number of aryl methyl sites for hydroxylation is 2. The molecular weight excluding hydrogens is 200 g/mol. The first-order valence-electron chi connectivity index (χ1n) is 5.19. The molecule has 3 nitrogen and oxygen atoms in total. The van der Waals surface area contributed by atoms with E-state index in [0.29, 0.717) is 5.56 Å². The molecule has 0 aliphatic carbocycles. The number of carbonyl (C=O) groups is 1. The molecule has 0 saturated carbocycles. The van der Waals surface area contributed by atoms with E-state index in [2.05, 4.69) is 4.98 Å². The number of carbonyl (C=O) groups excluding carboxylic acids is 1. The van der Waals surface area contributed by atoms with Crippen molar-refractivity contribution >= 4 is 5.78 Å². The molecule has 2 aromatic heterocycles. The second-order valence-corrected chi connectivity index (χ2v) is 3.95. The normalized spacial score (nSPS) is 10.4. The molecule has 0 bridgehead atoms. The van der Waals surface area contributed by atoms with Crippen molar-refractivity contribution in [2.75, 3.05) is 0 Å². The minimum atomic E-state index is 0.0289. The fourth-order valence-electron chi connectivity index (χ4n) is 1.88. The molecule has 2 rings (SSSR count). The van der Waals surface area contributed by atoms with Crippen molar-refractivity contribution in [2.45, 2.75) is 13.8 Å². The molecule has 0 aliphatic heterocycles. The molecule has 0 aliphatic rings. The van der Waals surface area contributed by atoms with Crippen LogP contribution in [0.5, 0.6) is 0 Å². The fourth-order valence-corrected chi connectivity index (χ4v) is 1.88. The van der Waals surface area contributed by atoms with E-state index in [1.807, 2.05) is 31.5 Å². The Morgan fingerprint density at radius 1 is 1.38 bits per heavy atom. The smallest absolute Gasteiger partial charge is 0.211 e. The quantitative estimate of drug-likeness (QED) is 0.719. The lowest BCUT2D eigenvalue weighted by Gasteiger charge is -2.05. The zero-order valence-corrected chi connectivity index (χ0v) is 9.69. The molecule has 2 aromatic rings. The van der Waals surface area contributed by atoms with E-state index in [-0.39, 0.29) is 5.78 Å². The van der Waals surface area contributed by atoms with Crippen molar-refractivity contribution in [1.82, 2.24) is 9.55 Å².